The number of nitrogens with one attached hydrogen (secondary N) is 2. The number of carbonyl (C=O) groups excluding carboxylic acids is 1. The summed E-state index contributed by atoms with van der Waals surface area (Å²) in [6.07, 6.45) is 0. The number of benzene rings is 3. The highest BCUT2D eigenvalue weighted by molar-refractivity contribution is 7.92. The summed E-state index contributed by atoms with van der Waals surface area (Å²) in [5.74, 6) is -0.506. The largest absolute Gasteiger partial charge is 0.322 e. The van der Waals surface area contributed by atoms with Crippen LogP contribution in [-0.4, -0.2) is 14.3 Å². The number of amides is 1. The van der Waals surface area contributed by atoms with Crippen molar-refractivity contribution in [1.29, 1.82) is 0 Å². The minimum absolute atomic E-state index is 0.0178. The molecule has 0 aromatic heterocycles. The fraction of sp³-hybridized carbons (Fsp3) is 0. The SMILES string of the molecule is [CH2]c1ccc(NC(=O)c2cc(Cl)ccc2NS(=O)(=O)c2ccc(Cl)cc2)cc1. The summed E-state index contributed by atoms with van der Waals surface area (Å²) in [6, 6.07) is 16.9. The van der Waals surface area contributed by atoms with E-state index in [1.54, 1.807) is 24.3 Å². The number of anilines is 2. The molecular formula is C20H15Cl2N2O3S. The summed E-state index contributed by atoms with van der Waals surface area (Å²) < 4.78 is 27.7. The van der Waals surface area contributed by atoms with E-state index in [-0.39, 0.29) is 16.1 Å². The molecule has 143 valence electrons. The third-order valence-corrected chi connectivity index (χ3v) is 5.67. The van der Waals surface area contributed by atoms with Crippen molar-refractivity contribution in [3.8, 4) is 0 Å². The van der Waals surface area contributed by atoms with Gasteiger partial charge in [0.1, 0.15) is 0 Å². The smallest absolute Gasteiger partial charge is 0.261 e. The molecule has 0 saturated heterocycles. The Balaban J connectivity index is 1.91. The van der Waals surface area contributed by atoms with Gasteiger partial charge in [-0.3, -0.25) is 9.52 Å². The van der Waals surface area contributed by atoms with Crippen LogP contribution in [0.2, 0.25) is 10.0 Å². The minimum atomic E-state index is -3.92. The summed E-state index contributed by atoms with van der Waals surface area (Å²) in [5.41, 5.74) is 1.54. The van der Waals surface area contributed by atoms with E-state index in [9.17, 15) is 13.2 Å². The zero-order chi connectivity index (χ0) is 20.3. The molecule has 5 nitrogen and oxygen atoms in total. The van der Waals surface area contributed by atoms with E-state index in [2.05, 4.69) is 17.0 Å². The molecule has 3 aromatic carbocycles. The van der Waals surface area contributed by atoms with Gasteiger partial charge >= 0.3 is 0 Å². The van der Waals surface area contributed by atoms with Crippen LogP contribution in [0.25, 0.3) is 0 Å². The number of carbonyl (C=O) groups is 1. The van der Waals surface area contributed by atoms with Gasteiger partial charge in [0.15, 0.2) is 0 Å². The normalized spacial score (nSPS) is 11.1. The van der Waals surface area contributed by atoms with Gasteiger partial charge in [-0.1, -0.05) is 35.3 Å². The van der Waals surface area contributed by atoms with Gasteiger partial charge < -0.3 is 5.32 Å². The van der Waals surface area contributed by atoms with Crippen molar-refractivity contribution in [3.05, 3.63) is 94.8 Å². The number of sulfonamides is 1. The molecule has 0 fully saturated rings. The maximum Gasteiger partial charge on any atom is 0.261 e. The highest BCUT2D eigenvalue weighted by Gasteiger charge is 2.19. The van der Waals surface area contributed by atoms with Crippen molar-refractivity contribution >= 4 is 50.5 Å². The third-order valence-electron chi connectivity index (χ3n) is 3.81. The second-order valence-electron chi connectivity index (χ2n) is 5.90. The summed E-state index contributed by atoms with van der Waals surface area (Å²) >= 11 is 11.8. The first-order valence-electron chi connectivity index (χ1n) is 8.06. The molecule has 0 bridgehead atoms. The zero-order valence-electron chi connectivity index (χ0n) is 14.4. The maximum absolute atomic E-state index is 12.7. The van der Waals surface area contributed by atoms with Crippen molar-refractivity contribution in [2.75, 3.05) is 10.0 Å². The van der Waals surface area contributed by atoms with Crippen LogP contribution in [0.15, 0.2) is 71.6 Å². The second-order valence-corrected chi connectivity index (χ2v) is 8.46. The second kappa shape index (κ2) is 8.22. The Labute approximate surface area is 173 Å². The number of halogens is 2. The molecule has 1 amide bonds. The first kappa shape index (κ1) is 20.2. The van der Waals surface area contributed by atoms with Gasteiger partial charge in [0.25, 0.3) is 15.9 Å². The fourth-order valence-corrected chi connectivity index (χ4v) is 3.78. The lowest BCUT2D eigenvalue weighted by molar-refractivity contribution is 0.102. The molecule has 3 aromatic rings. The Bertz CT molecular complexity index is 1110. The average Bonchev–Trinajstić information content (AvgIpc) is 2.65. The first-order valence-corrected chi connectivity index (χ1v) is 10.3. The predicted octanol–water partition coefficient (Wildman–Crippen LogP) is 5.23. The molecule has 2 N–H and O–H groups in total. The summed E-state index contributed by atoms with van der Waals surface area (Å²) in [4.78, 5) is 12.7. The number of rotatable bonds is 5. The highest BCUT2D eigenvalue weighted by Crippen LogP contribution is 2.25. The molecule has 0 atom stereocenters. The molecule has 0 heterocycles. The molecular weight excluding hydrogens is 419 g/mol. The first-order chi connectivity index (χ1) is 13.2. The molecule has 1 radical (unpaired) electrons. The van der Waals surface area contributed by atoms with Gasteiger partial charge in [-0.05, 0) is 67.1 Å². The summed E-state index contributed by atoms with van der Waals surface area (Å²) in [6.45, 7) is 3.78. The minimum Gasteiger partial charge on any atom is -0.322 e. The van der Waals surface area contributed by atoms with Crippen molar-refractivity contribution in [1.82, 2.24) is 0 Å². The lowest BCUT2D eigenvalue weighted by Crippen LogP contribution is -2.18. The number of hydrogen-bond acceptors (Lipinski definition) is 3. The van der Waals surface area contributed by atoms with E-state index >= 15 is 0 Å². The Morgan fingerprint density at radius 1 is 0.857 bits per heavy atom. The van der Waals surface area contributed by atoms with Crippen molar-refractivity contribution in [2.24, 2.45) is 0 Å². The van der Waals surface area contributed by atoms with Crippen LogP contribution >= 0.6 is 23.2 Å². The molecule has 0 aliphatic heterocycles. The topological polar surface area (TPSA) is 75.3 Å². The van der Waals surface area contributed by atoms with Crippen LogP contribution in [0.1, 0.15) is 15.9 Å². The van der Waals surface area contributed by atoms with Gasteiger partial charge in [-0.15, -0.1) is 0 Å². The Morgan fingerprint density at radius 2 is 1.46 bits per heavy atom. The van der Waals surface area contributed by atoms with E-state index in [0.29, 0.717) is 15.7 Å². The molecule has 0 aliphatic rings. The maximum atomic E-state index is 12.7. The van der Waals surface area contributed by atoms with E-state index < -0.39 is 15.9 Å². The fourth-order valence-electron chi connectivity index (χ4n) is 2.40. The zero-order valence-corrected chi connectivity index (χ0v) is 16.8. The monoisotopic (exact) mass is 433 g/mol. The molecule has 0 saturated carbocycles. The highest BCUT2D eigenvalue weighted by atomic mass is 35.5. The third kappa shape index (κ3) is 4.84. The van der Waals surface area contributed by atoms with Gasteiger partial charge in [-0.25, -0.2) is 8.42 Å². The van der Waals surface area contributed by atoms with Crippen molar-refractivity contribution < 1.29 is 13.2 Å². The van der Waals surface area contributed by atoms with Crippen LogP contribution in [0, 0.1) is 6.92 Å². The van der Waals surface area contributed by atoms with Gasteiger partial charge in [-0.2, -0.15) is 0 Å². The lowest BCUT2D eigenvalue weighted by atomic mass is 10.1. The molecule has 8 heteroatoms. The molecule has 0 spiro atoms. The van der Waals surface area contributed by atoms with Crippen molar-refractivity contribution in [2.45, 2.75) is 4.90 Å². The van der Waals surface area contributed by atoms with Crippen molar-refractivity contribution in [3.63, 3.8) is 0 Å². The van der Waals surface area contributed by atoms with E-state index in [1.807, 2.05) is 0 Å². The van der Waals surface area contributed by atoms with E-state index in [0.717, 1.165) is 5.56 Å². The molecule has 0 unspecified atom stereocenters. The van der Waals surface area contributed by atoms with Crippen LogP contribution in [0.4, 0.5) is 11.4 Å². The molecule has 28 heavy (non-hydrogen) atoms. The molecule has 0 aliphatic carbocycles. The van der Waals surface area contributed by atoms with Gasteiger partial charge in [0.2, 0.25) is 0 Å². The average molecular weight is 434 g/mol. The summed E-state index contributed by atoms with van der Waals surface area (Å²) in [5, 5.41) is 3.42. The Morgan fingerprint density at radius 3 is 2.11 bits per heavy atom. The van der Waals surface area contributed by atoms with E-state index in [1.165, 1.54) is 42.5 Å². The predicted molar refractivity (Wildman–Crippen MR) is 113 cm³/mol. The Kier molecular flexibility index (Phi) is 5.93. The Hall–Kier alpha value is -2.54. The standard InChI is InChI=1S/C20H15Cl2N2O3S/c1-13-2-7-16(8-3-13)23-20(25)18-12-15(22)6-11-19(18)24-28(26,27)17-9-4-14(21)5-10-17/h2-12,24H,1H2,(H,23,25). The lowest BCUT2D eigenvalue weighted by Gasteiger charge is -2.13. The van der Waals surface area contributed by atoms with Crippen LogP contribution in [-0.2, 0) is 10.0 Å². The van der Waals surface area contributed by atoms with Crippen LogP contribution in [0.5, 0.6) is 0 Å². The van der Waals surface area contributed by atoms with Crippen LogP contribution < -0.4 is 10.0 Å². The van der Waals surface area contributed by atoms with Crippen LogP contribution in [0.3, 0.4) is 0 Å². The molecule has 3 rings (SSSR count). The van der Waals surface area contributed by atoms with Gasteiger partial charge in [0.05, 0.1) is 16.1 Å². The summed E-state index contributed by atoms with van der Waals surface area (Å²) in [7, 11) is -3.92. The van der Waals surface area contributed by atoms with Gasteiger partial charge in [0, 0.05) is 15.7 Å². The number of hydrogen-bond donors (Lipinski definition) is 2. The quantitative estimate of drug-likeness (QED) is 0.578. The van der Waals surface area contributed by atoms with E-state index in [4.69, 9.17) is 23.2 Å².